The van der Waals surface area contributed by atoms with E-state index >= 15 is 0 Å². The minimum atomic E-state index is -1.13. The average Bonchev–Trinajstić information content (AvgIpc) is 3.53. The summed E-state index contributed by atoms with van der Waals surface area (Å²) in [4.78, 5) is 47.4. The minimum absolute atomic E-state index is 0.163. The summed E-state index contributed by atoms with van der Waals surface area (Å²) in [5.41, 5.74) is -0.971. The Morgan fingerprint density at radius 3 is 2.42 bits per heavy atom. The van der Waals surface area contributed by atoms with Crippen molar-refractivity contribution in [2.45, 2.75) is 69.4 Å². The summed E-state index contributed by atoms with van der Waals surface area (Å²) in [7, 11) is 1.71. The molecule has 3 fully saturated rings. The lowest BCUT2D eigenvalue weighted by molar-refractivity contribution is -0.158. The molecular formula is C30H41N3O5. The van der Waals surface area contributed by atoms with Crippen LogP contribution in [0.25, 0.3) is 0 Å². The zero-order valence-electron chi connectivity index (χ0n) is 22.8. The molecule has 2 unspecified atom stereocenters. The lowest BCUT2D eigenvalue weighted by Gasteiger charge is -2.39. The van der Waals surface area contributed by atoms with E-state index in [1.165, 1.54) is 0 Å². The number of rotatable bonds is 12. The summed E-state index contributed by atoms with van der Waals surface area (Å²) in [6.45, 7) is 12.2. The normalized spacial score (nSPS) is 30.2. The van der Waals surface area contributed by atoms with Crippen LogP contribution in [0.2, 0.25) is 0 Å². The van der Waals surface area contributed by atoms with Crippen LogP contribution in [0.15, 0.2) is 55.6 Å². The van der Waals surface area contributed by atoms with E-state index in [2.05, 4.69) is 13.2 Å². The molecule has 0 aromatic heterocycles. The predicted molar refractivity (Wildman–Crippen MR) is 145 cm³/mol. The Bertz CT molecular complexity index is 1070. The maximum absolute atomic E-state index is 14.5. The van der Waals surface area contributed by atoms with Gasteiger partial charge in [-0.05, 0) is 31.2 Å². The van der Waals surface area contributed by atoms with Crippen molar-refractivity contribution in [2.24, 2.45) is 11.8 Å². The number of likely N-dealkylation sites (N-methyl/N-ethyl adjacent to an activating group) is 1. The molecule has 1 aromatic rings. The molecule has 1 N–H and O–H groups in total. The Balaban J connectivity index is 1.81. The number of hydrogen-bond acceptors (Lipinski definition) is 5. The molecule has 2 bridgehead atoms. The number of benzene rings is 1. The standard InChI is InChI=1S/C30H41N3O5/c1-6-17-31(5)26(35)23-24-27(36)33(22(8-3)20-34)25(30(24)16-15-29(23,9-4)38-30)28(37)32(18-7-2)19-21-13-11-10-12-14-21/h6-7,10-14,22-25,34H,1-2,8-9,15-20H2,3-5H3/t22-,23-,24-,25?,29+,30?/m0/s1. The van der Waals surface area contributed by atoms with Gasteiger partial charge < -0.3 is 24.5 Å². The number of ether oxygens (including phenoxy) is 1. The van der Waals surface area contributed by atoms with Gasteiger partial charge in [0.15, 0.2) is 0 Å². The van der Waals surface area contributed by atoms with Crippen LogP contribution in [0.3, 0.4) is 0 Å². The number of likely N-dealkylation sites (tertiary alicyclic amines) is 1. The Hall–Kier alpha value is -2.97. The minimum Gasteiger partial charge on any atom is -0.394 e. The Morgan fingerprint density at radius 1 is 1.16 bits per heavy atom. The lowest BCUT2D eigenvalue weighted by Crippen LogP contribution is -2.58. The number of carbonyl (C=O) groups excluding carboxylic acids is 3. The second-order valence-electron chi connectivity index (χ2n) is 10.8. The second kappa shape index (κ2) is 11.0. The molecule has 4 rings (SSSR count). The third-order valence-electron chi connectivity index (χ3n) is 8.85. The SMILES string of the molecule is C=CCN(C)C(=O)[C@@H]1[C@H]2C(=O)N([C@@H](CC)CO)C(C(=O)N(CC=C)Cc3ccccc3)C23CC[C@@]1(CC)O3. The molecule has 1 spiro atoms. The van der Waals surface area contributed by atoms with E-state index in [0.29, 0.717) is 45.3 Å². The molecule has 3 aliphatic rings. The van der Waals surface area contributed by atoms with Gasteiger partial charge in [-0.2, -0.15) is 0 Å². The summed E-state index contributed by atoms with van der Waals surface area (Å²) in [5, 5.41) is 10.3. The fourth-order valence-electron chi connectivity index (χ4n) is 7.00. The summed E-state index contributed by atoms with van der Waals surface area (Å²) in [6.07, 6.45) is 5.48. The molecule has 0 aliphatic carbocycles. The van der Waals surface area contributed by atoms with Crippen LogP contribution < -0.4 is 0 Å². The van der Waals surface area contributed by atoms with E-state index in [-0.39, 0.29) is 24.3 Å². The van der Waals surface area contributed by atoms with Gasteiger partial charge >= 0.3 is 0 Å². The van der Waals surface area contributed by atoms with Gasteiger partial charge in [-0.15, -0.1) is 13.2 Å². The van der Waals surface area contributed by atoms with Gasteiger partial charge in [-0.1, -0.05) is 56.3 Å². The highest BCUT2D eigenvalue weighted by Gasteiger charge is 2.79. The van der Waals surface area contributed by atoms with Gasteiger partial charge in [0.25, 0.3) is 0 Å². The number of carbonyl (C=O) groups is 3. The first-order valence-electron chi connectivity index (χ1n) is 13.7. The molecule has 8 heteroatoms. The van der Waals surface area contributed by atoms with E-state index in [4.69, 9.17) is 4.74 Å². The van der Waals surface area contributed by atoms with Crippen LogP contribution in [0, 0.1) is 11.8 Å². The topological polar surface area (TPSA) is 90.4 Å². The zero-order chi connectivity index (χ0) is 27.7. The molecule has 3 saturated heterocycles. The highest BCUT2D eigenvalue weighted by Crippen LogP contribution is 2.65. The van der Waals surface area contributed by atoms with Gasteiger partial charge in [-0.25, -0.2) is 0 Å². The van der Waals surface area contributed by atoms with Crippen molar-refractivity contribution >= 4 is 17.7 Å². The van der Waals surface area contributed by atoms with Crippen molar-refractivity contribution in [3.05, 3.63) is 61.2 Å². The molecule has 3 heterocycles. The van der Waals surface area contributed by atoms with E-state index < -0.39 is 35.1 Å². The smallest absolute Gasteiger partial charge is 0.249 e. The summed E-state index contributed by atoms with van der Waals surface area (Å²) < 4.78 is 6.84. The van der Waals surface area contributed by atoms with Crippen molar-refractivity contribution < 1.29 is 24.2 Å². The quantitative estimate of drug-likeness (QED) is 0.426. The molecule has 0 saturated carbocycles. The van der Waals surface area contributed by atoms with Crippen molar-refractivity contribution in [3.8, 4) is 0 Å². The molecular weight excluding hydrogens is 482 g/mol. The van der Waals surface area contributed by atoms with Crippen LogP contribution >= 0.6 is 0 Å². The largest absolute Gasteiger partial charge is 0.394 e. The molecule has 6 atom stereocenters. The van der Waals surface area contributed by atoms with Crippen LogP contribution in [0.4, 0.5) is 0 Å². The van der Waals surface area contributed by atoms with Gasteiger partial charge in [0, 0.05) is 26.7 Å². The molecule has 1 aromatic carbocycles. The van der Waals surface area contributed by atoms with Gasteiger partial charge in [0.2, 0.25) is 17.7 Å². The van der Waals surface area contributed by atoms with Crippen molar-refractivity contribution in [2.75, 3.05) is 26.7 Å². The first-order chi connectivity index (χ1) is 18.2. The second-order valence-corrected chi connectivity index (χ2v) is 10.8. The third-order valence-corrected chi connectivity index (χ3v) is 8.85. The first kappa shape index (κ1) is 28.0. The van der Waals surface area contributed by atoms with Gasteiger partial charge in [0.05, 0.1) is 30.1 Å². The highest BCUT2D eigenvalue weighted by atomic mass is 16.5. The molecule has 0 radical (unpaired) electrons. The number of aliphatic hydroxyl groups is 1. The van der Waals surface area contributed by atoms with Gasteiger partial charge in [-0.3, -0.25) is 14.4 Å². The third kappa shape index (κ3) is 4.28. The van der Waals surface area contributed by atoms with E-state index in [0.717, 1.165) is 5.56 Å². The van der Waals surface area contributed by atoms with Crippen LogP contribution in [0.5, 0.6) is 0 Å². The van der Waals surface area contributed by atoms with E-state index in [1.807, 2.05) is 44.2 Å². The number of fused-ring (bicyclic) bond motifs is 1. The zero-order valence-corrected chi connectivity index (χ0v) is 22.8. The van der Waals surface area contributed by atoms with Gasteiger partial charge in [0.1, 0.15) is 11.6 Å². The van der Waals surface area contributed by atoms with Crippen molar-refractivity contribution in [1.82, 2.24) is 14.7 Å². The molecule has 8 nitrogen and oxygen atoms in total. The van der Waals surface area contributed by atoms with Crippen LogP contribution in [-0.4, -0.2) is 87.6 Å². The number of amides is 3. The molecule has 206 valence electrons. The molecule has 3 amide bonds. The lowest BCUT2D eigenvalue weighted by atomic mass is 9.64. The Labute approximate surface area is 225 Å². The van der Waals surface area contributed by atoms with E-state index in [1.54, 1.807) is 33.9 Å². The first-order valence-corrected chi connectivity index (χ1v) is 13.7. The highest BCUT2D eigenvalue weighted by molar-refractivity contribution is 5.99. The number of hydrogen-bond donors (Lipinski definition) is 1. The summed E-state index contributed by atoms with van der Waals surface area (Å²) in [6, 6.07) is 8.20. The molecule has 3 aliphatic heterocycles. The average molecular weight is 524 g/mol. The molecule has 38 heavy (non-hydrogen) atoms. The predicted octanol–water partition coefficient (Wildman–Crippen LogP) is 2.77. The maximum atomic E-state index is 14.5. The fourth-order valence-corrected chi connectivity index (χ4v) is 7.00. The van der Waals surface area contributed by atoms with Crippen molar-refractivity contribution in [1.29, 1.82) is 0 Å². The monoisotopic (exact) mass is 523 g/mol. The van der Waals surface area contributed by atoms with Crippen LogP contribution in [0.1, 0.15) is 45.1 Å². The number of nitrogens with zero attached hydrogens (tertiary/aromatic N) is 3. The Morgan fingerprint density at radius 2 is 1.84 bits per heavy atom. The van der Waals surface area contributed by atoms with Crippen molar-refractivity contribution in [3.63, 3.8) is 0 Å². The summed E-state index contributed by atoms with van der Waals surface area (Å²) in [5.74, 6) is -2.16. The Kier molecular flexibility index (Phi) is 8.14. The fraction of sp³-hybridized carbons (Fsp3) is 0.567. The number of aliphatic hydroxyl groups excluding tert-OH is 1. The maximum Gasteiger partial charge on any atom is 0.249 e. The van der Waals surface area contributed by atoms with E-state index in [9.17, 15) is 19.5 Å². The van der Waals surface area contributed by atoms with Crippen LogP contribution in [-0.2, 0) is 25.7 Å². The summed E-state index contributed by atoms with van der Waals surface area (Å²) >= 11 is 0.